The van der Waals surface area contributed by atoms with Gasteiger partial charge >= 0.3 is 11.8 Å². The van der Waals surface area contributed by atoms with E-state index in [0.717, 1.165) is 0 Å². The summed E-state index contributed by atoms with van der Waals surface area (Å²) in [7, 11) is 0. The highest BCUT2D eigenvalue weighted by molar-refractivity contribution is 6.34. The summed E-state index contributed by atoms with van der Waals surface area (Å²) in [5.74, 6) is 2.62. The third kappa shape index (κ3) is 3.03. The summed E-state index contributed by atoms with van der Waals surface area (Å²) < 4.78 is 13.1. The summed E-state index contributed by atoms with van der Waals surface area (Å²) in [4.78, 5) is 21.7. The Morgan fingerprint density at radius 2 is 2.06 bits per heavy atom. The molecule has 0 aliphatic carbocycles. The summed E-state index contributed by atoms with van der Waals surface area (Å²) in [6.45, 7) is 1.71. The minimum atomic E-state index is -0.937. The van der Waals surface area contributed by atoms with Crippen molar-refractivity contribution in [2.24, 2.45) is 5.84 Å². The van der Waals surface area contributed by atoms with Gasteiger partial charge in [0.15, 0.2) is 0 Å². The molecule has 86 valence electrons. The minimum Gasteiger partial charge on any atom is -0.344 e. The van der Waals surface area contributed by atoms with Gasteiger partial charge in [-0.1, -0.05) is 12.1 Å². The van der Waals surface area contributed by atoms with E-state index in [1.165, 1.54) is 6.07 Å². The topological polar surface area (TPSA) is 84.2 Å². The van der Waals surface area contributed by atoms with Gasteiger partial charge in [0.1, 0.15) is 5.82 Å². The van der Waals surface area contributed by atoms with Crippen molar-refractivity contribution in [2.45, 2.75) is 13.5 Å². The van der Waals surface area contributed by atoms with Gasteiger partial charge in [0, 0.05) is 6.54 Å². The number of hydrogen-bond acceptors (Lipinski definition) is 3. The zero-order valence-corrected chi connectivity index (χ0v) is 8.71. The SMILES string of the molecule is Cc1ccc(CNC(=O)C(=O)NN)cc1F. The summed E-state index contributed by atoms with van der Waals surface area (Å²) in [5, 5.41) is 2.30. The molecule has 0 radical (unpaired) electrons. The molecule has 0 fully saturated rings. The fraction of sp³-hybridized carbons (Fsp3) is 0.200. The maximum atomic E-state index is 13.1. The molecule has 0 unspecified atom stereocenters. The summed E-state index contributed by atoms with van der Waals surface area (Å²) >= 11 is 0. The van der Waals surface area contributed by atoms with Crippen LogP contribution in [0, 0.1) is 12.7 Å². The highest BCUT2D eigenvalue weighted by Gasteiger charge is 2.10. The largest absolute Gasteiger partial charge is 0.344 e. The predicted octanol–water partition coefficient (Wildman–Crippen LogP) is -0.260. The van der Waals surface area contributed by atoms with Gasteiger partial charge in [-0.05, 0) is 24.1 Å². The first-order valence-electron chi connectivity index (χ1n) is 4.58. The number of carbonyl (C=O) groups excluding carboxylic acids is 2. The number of carbonyl (C=O) groups is 2. The van der Waals surface area contributed by atoms with Crippen molar-refractivity contribution in [2.75, 3.05) is 0 Å². The maximum absolute atomic E-state index is 13.1. The maximum Gasteiger partial charge on any atom is 0.323 e. The molecule has 1 rings (SSSR count). The lowest BCUT2D eigenvalue weighted by Gasteiger charge is -2.05. The van der Waals surface area contributed by atoms with Crippen molar-refractivity contribution in [3.63, 3.8) is 0 Å². The average molecular weight is 225 g/mol. The van der Waals surface area contributed by atoms with Crippen LogP contribution in [0.15, 0.2) is 18.2 Å². The molecule has 0 aliphatic heterocycles. The molecule has 0 saturated heterocycles. The fourth-order valence-corrected chi connectivity index (χ4v) is 1.07. The third-order valence-corrected chi connectivity index (χ3v) is 2.03. The van der Waals surface area contributed by atoms with Gasteiger partial charge in [-0.25, -0.2) is 10.2 Å². The molecule has 4 N–H and O–H groups in total. The molecule has 1 aromatic carbocycles. The Balaban J connectivity index is 2.58. The Hall–Kier alpha value is -1.95. The molecule has 0 aliphatic rings. The Labute approximate surface area is 91.8 Å². The quantitative estimate of drug-likeness (QED) is 0.280. The van der Waals surface area contributed by atoms with E-state index >= 15 is 0 Å². The number of nitrogens with two attached hydrogens (primary N) is 1. The van der Waals surface area contributed by atoms with E-state index < -0.39 is 11.8 Å². The van der Waals surface area contributed by atoms with E-state index in [0.29, 0.717) is 11.1 Å². The van der Waals surface area contributed by atoms with Crippen LogP contribution in [-0.2, 0) is 16.1 Å². The number of amides is 2. The van der Waals surface area contributed by atoms with E-state index in [2.05, 4.69) is 5.32 Å². The number of benzene rings is 1. The van der Waals surface area contributed by atoms with Crippen LogP contribution in [0.4, 0.5) is 4.39 Å². The molecule has 1 aromatic rings. The van der Waals surface area contributed by atoms with Crippen molar-refractivity contribution in [1.82, 2.24) is 10.7 Å². The van der Waals surface area contributed by atoms with Crippen LogP contribution in [0.5, 0.6) is 0 Å². The second kappa shape index (κ2) is 5.22. The molecule has 0 spiro atoms. The molecule has 6 heteroatoms. The average Bonchev–Trinajstić information content (AvgIpc) is 2.29. The van der Waals surface area contributed by atoms with E-state index in [-0.39, 0.29) is 12.4 Å². The Bertz CT molecular complexity index is 421. The number of rotatable bonds is 2. The van der Waals surface area contributed by atoms with Crippen molar-refractivity contribution in [3.05, 3.63) is 35.1 Å². The second-order valence-corrected chi connectivity index (χ2v) is 3.24. The van der Waals surface area contributed by atoms with E-state index in [9.17, 15) is 14.0 Å². The van der Waals surface area contributed by atoms with Gasteiger partial charge in [-0.15, -0.1) is 0 Å². The van der Waals surface area contributed by atoms with Gasteiger partial charge in [0.25, 0.3) is 0 Å². The molecule has 16 heavy (non-hydrogen) atoms. The molecular formula is C10H12FN3O2. The summed E-state index contributed by atoms with van der Waals surface area (Å²) in [6.07, 6.45) is 0. The van der Waals surface area contributed by atoms with Crippen LogP contribution in [0.1, 0.15) is 11.1 Å². The first-order chi connectivity index (χ1) is 7.54. The lowest BCUT2D eigenvalue weighted by molar-refractivity contribution is -0.139. The summed E-state index contributed by atoms with van der Waals surface area (Å²) in [5.41, 5.74) is 2.79. The highest BCUT2D eigenvalue weighted by Crippen LogP contribution is 2.08. The molecule has 5 nitrogen and oxygen atoms in total. The zero-order valence-electron chi connectivity index (χ0n) is 8.71. The highest BCUT2D eigenvalue weighted by atomic mass is 19.1. The van der Waals surface area contributed by atoms with Gasteiger partial charge in [0.05, 0.1) is 0 Å². The lowest BCUT2D eigenvalue weighted by Crippen LogP contribution is -2.42. The van der Waals surface area contributed by atoms with Crippen molar-refractivity contribution in [1.29, 1.82) is 0 Å². The fourth-order valence-electron chi connectivity index (χ4n) is 1.07. The van der Waals surface area contributed by atoms with Gasteiger partial charge in [-0.3, -0.25) is 15.0 Å². The van der Waals surface area contributed by atoms with Crippen LogP contribution >= 0.6 is 0 Å². The van der Waals surface area contributed by atoms with Crippen molar-refractivity contribution < 1.29 is 14.0 Å². The third-order valence-electron chi connectivity index (χ3n) is 2.03. The molecule has 0 saturated carbocycles. The van der Waals surface area contributed by atoms with Crippen LogP contribution in [-0.4, -0.2) is 11.8 Å². The molecule has 0 heterocycles. The number of hydrazine groups is 1. The van der Waals surface area contributed by atoms with Crippen LogP contribution in [0.2, 0.25) is 0 Å². The number of nitrogens with one attached hydrogen (secondary N) is 2. The van der Waals surface area contributed by atoms with Crippen LogP contribution in [0.3, 0.4) is 0 Å². The van der Waals surface area contributed by atoms with E-state index in [4.69, 9.17) is 5.84 Å². The molecule has 2 amide bonds. The summed E-state index contributed by atoms with van der Waals surface area (Å²) in [6, 6.07) is 4.56. The lowest BCUT2D eigenvalue weighted by atomic mass is 10.1. The predicted molar refractivity (Wildman–Crippen MR) is 55.3 cm³/mol. The minimum absolute atomic E-state index is 0.0729. The van der Waals surface area contributed by atoms with Crippen molar-refractivity contribution in [3.8, 4) is 0 Å². The van der Waals surface area contributed by atoms with Gasteiger partial charge in [-0.2, -0.15) is 0 Å². The normalized spacial score (nSPS) is 9.69. The molecule has 0 bridgehead atoms. The Kier molecular flexibility index (Phi) is 3.96. The molecular weight excluding hydrogens is 213 g/mol. The van der Waals surface area contributed by atoms with Crippen LogP contribution < -0.4 is 16.6 Å². The Morgan fingerprint density at radius 1 is 1.38 bits per heavy atom. The van der Waals surface area contributed by atoms with Gasteiger partial charge < -0.3 is 5.32 Å². The van der Waals surface area contributed by atoms with E-state index in [1.807, 2.05) is 0 Å². The van der Waals surface area contributed by atoms with Crippen molar-refractivity contribution >= 4 is 11.8 Å². The smallest absolute Gasteiger partial charge is 0.323 e. The molecule has 0 atom stereocenters. The first-order valence-corrected chi connectivity index (χ1v) is 4.58. The number of halogens is 1. The first kappa shape index (κ1) is 12.1. The van der Waals surface area contributed by atoms with Crippen LogP contribution in [0.25, 0.3) is 0 Å². The Morgan fingerprint density at radius 3 is 2.62 bits per heavy atom. The zero-order chi connectivity index (χ0) is 12.1. The molecule has 0 aromatic heterocycles. The second-order valence-electron chi connectivity index (χ2n) is 3.24. The van der Waals surface area contributed by atoms with E-state index in [1.54, 1.807) is 24.5 Å². The monoisotopic (exact) mass is 225 g/mol. The van der Waals surface area contributed by atoms with Gasteiger partial charge in [0.2, 0.25) is 0 Å². The number of aryl methyl sites for hydroxylation is 1. The number of hydrogen-bond donors (Lipinski definition) is 3. The standard InChI is InChI=1S/C10H12FN3O2/c1-6-2-3-7(4-8(6)11)5-13-9(15)10(16)14-12/h2-4H,5,12H2,1H3,(H,13,15)(H,14,16).